The standard InChI is InChI=1S/C11H12N6O4/c1-16-4-6(2-13-16)9-8(10(18)19)14-15-17(9)5-7-3-12-11(20)21-7/h2,4,7H,3,5H2,1H3,(H,12,20)(H,18,19). The van der Waals surface area contributed by atoms with E-state index in [-0.39, 0.29) is 12.2 Å². The van der Waals surface area contributed by atoms with E-state index in [1.54, 1.807) is 17.9 Å². The van der Waals surface area contributed by atoms with Gasteiger partial charge in [-0.25, -0.2) is 14.3 Å². The van der Waals surface area contributed by atoms with Crippen molar-refractivity contribution in [3.63, 3.8) is 0 Å². The van der Waals surface area contributed by atoms with Crippen LogP contribution >= 0.6 is 0 Å². The smallest absolute Gasteiger partial charge is 0.407 e. The predicted octanol–water partition coefficient (Wildman–Crippen LogP) is -0.515. The molecule has 1 aliphatic heterocycles. The van der Waals surface area contributed by atoms with Gasteiger partial charge >= 0.3 is 12.1 Å². The van der Waals surface area contributed by atoms with Gasteiger partial charge < -0.3 is 15.2 Å². The topological polar surface area (TPSA) is 124 Å². The van der Waals surface area contributed by atoms with Crippen molar-refractivity contribution in [1.29, 1.82) is 0 Å². The van der Waals surface area contributed by atoms with Gasteiger partial charge in [-0.05, 0) is 0 Å². The summed E-state index contributed by atoms with van der Waals surface area (Å²) in [5.41, 5.74) is 0.746. The van der Waals surface area contributed by atoms with Gasteiger partial charge in [0, 0.05) is 18.8 Å². The molecule has 2 aromatic heterocycles. The average Bonchev–Trinajstić information content (AvgIpc) is 3.10. The van der Waals surface area contributed by atoms with Gasteiger partial charge in [0.05, 0.1) is 19.3 Å². The van der Waals surface area contributed by atoms with E-state index in [1.807, 2.05) is 0 Å². The van der Waals surface area contributed by atoms with Crippen LogP contribution in [0.5, 0.6) is 0 Å². The minimum atomic E-state index is -1.18. The Hall–Kier alpha value is -2.91. The van der Waals surface area contributed by atoms with Crippen LogP contribution in [0.4, 0.5) is 4.79 Å². The molecule has 1 fully saturated rings. The number of carboxylic acid groups (broad SMARTS) is 1. The molecule has 21 heavy (non-hydrogen) atoms. The summed E-state index contributed by atoms with van der Waals surface area (Å²) >= 11 is 0. The van der Waals surface area contributed by atoms with E-state index in [9.17, 15) is 14.7 Å². The second-order valence-electron chi connectivity index (χ2n) is 4.58. The first-order chi connectivity index (χ1) is 10.0. The predicted molar refractivity (Wildman–Crippen MR) is 67.5 cm³/mol. The number of ether oxygens (including phenoxy) is 1. The second kappa shape index (κ2) is 4.89. The molecule has 3 rings (SSSR count). The maximum Gasteiger partial charge on any atom is 0.407 e. The Morgan fingerprint density at radius 3 is 3.00 bits per heavy atom. The van der Waals surface area contributed by atoms with E-state index in [0.29, 0.717) is 17.8 Å². The van der Waals surface area contributed by atoms with Crippen molar-refractivity contribution in [2.75, 3.05) is 6.54 Å². The number of carboxylic acids is 1. The first-order valence-corrected chi connectivity index (χ1v) is 6.15. The lowest BCUT2D eigenvalue weighted by Crippen LogP contribution is -2.22. The number of cyclic esters (lactones) is 1. The van der Waals surface area contributed by atoms with Crippen molar-refractivity contribution in [2.24, 2.45) is 7.05 Å². The molecular formula is C11H12N6O4. The molecule has 10 nitrogen and oxygen atoms in total. The van der Waals surface area contributed by atoms with Crippen LogP contribution in [-0.4, -0.2) is 54.6 Å². The van der Waals surface area contributed by atoms with E-state index < -0.39 is 18.2 Å². The first-order valence-electron chi connectivity index (χ1n) is 6.15. The summed E-state index contributed by atoms with van der Waals surface area (Å²) in [5.74, 6) is -1.18. The number of aromatic nitrogens is 5. The number of nitrogens with one attached hydrogen (secondary N) is 1. The van der Waals surface area contributed by atoms with E-state index in [4.69, 9.17) is 4.74 Å². The Labute approximate surface area is 118 Å². The molecule has 3 heterocycles. The van der Waals surface area contributed by atoms with E-state index in [0.717, 1.165) is 0 Å². The lowest BCUT2D eigenvalue weighted by molar-refractivity contribution is 0.0691. The second-order valence-corrected chi connectivity index (χ2v) is 4.58. The number of carbonyl (C=O) groups is 2. The van der Waals surface area contributed by atoms with Crippen molar-refractivity contribution in [3.05, 3.63) is 18.1 Å². The number of alkyl carbamates (subject to hydrolysis) is 1. The fourth-order valence-corrected chi connectivity index (χ4v) is 2.14. The van der Waals surface area contributed by atoms with Crippen molar-refractivity contribution in [3.8, 4) is 11.3 Å². The van der Waals surface area contributed by atoms with Crippen molar-refractivity contribution in [2.45, 2.75) is 12.6 Å². The minimum absolute atomic E-state index is 0.166. The first kappa shape index (κ1) is 13.1. The van der Waals surface area contributed by atoms with Gasteiger partial charge in [-0.15, -0.1) is 5.10 Å². The van der Waals surface area contributed by atoms with Crippen LogP contribution in [0.15, 0.2) is 12.4 Å². The van der Waals surface area contributed by atoms with Crippen LogP contribution in [-0.2, 0) is 18.3 Å². The molecule has 1 aliphatic rings. The van der Waals surface area contributed by atoms with Gasteiger partial charge in [-0.2, -0.15) is 5.10 Å². The molecule has 1 saturated heterocycles. The molecule has 1 amide bonds. The summed E-state index contributed by atoms with van der Waals surface area (Å²) in [6.07, 6.45) is 2.28. The summed E-state index contributed by atoms with van der Waals surface area (Å²) in [6, 6.07) is 0. The average molecular weight is 292 g/mol. The molecule has 0 radical (unpaired) electrons. The number of aromatic carboxylic acids is 1. The summed E-state index contributed by atoms with van der Waals surface area (Å²) in [6.45, 7) is 0.552. The quantitative estimate of drug-likeness (QED) is 0.777. The maximum atomic E-state index is 11.3. The monoisotopic (exact) mass is 292 g/mol. The number of amides is 1. The minimum Gasteiger partial charge on any atom is -0.476 e. The van der Waals surface area contributed by atoms with Gasteiger partial charge in [0.25, 0.3) is 0 Å². The Balaban J connectivity index is 1.97. The number of carbonyl (C=O) groups excluding carboxylic acids is 1. The van der Waals surface area contributed by atoms with Crippen LogP contribution in [0.2, 0.25) is 0 Å². The largest absolute Gasteiger partial charge is 0.476 e. The molecule has 110 valence electrons. The van der Waals surface area contributed by atoms with Crippen LogP contribution < -0.4 is 5.32 Å². The molecule has 0 aromatic carbocycles. The SMILES string of the molecule is Cn1cc(-c2c(C(=O)O)nnn2CC2CNC(=O)O2)cn1. The lowest BCUT2D eigenvalue weighted by atomic mass is 10.2. The zero-order valence-electron chi connectivity index (χ0n) is 11.1. The van der Waals surface area contributed by atoms with Crippen LogP contribution in [0.25, 0.3) is 11.3 Å². The normalized spacial score (nSPS) is 17.6. The van der Waals surface area contributed by atoms with Gasteiger partial charge in [0.15, 0.2) is 5.69 Å². The fraction of sp³-hybridized carbons (Fsp3) is 0.364. The van der Waals surface area contributed by atoms with Crippen LogP contribution in [0, 0.1) is 0 Å². The molecule has 10 heteroatoms. The van der Waals surface area contributed by atoms with E-state index >= 15 is 0 Å². The lowest BCUT2D eigenvalue weighted by Gasteiger charge is -2.09. The highest BCUT2D eigenvalue weighted by atomic mass is 16.6. The van der Waals surface area contributed by atoms with Crippen molar-refractivity contribution < 1.29 is 19.4 Å². The fourth-order valence-electron chi connectivity index (χ4n) is 2.14. The highest BCUT2D eigenvalue weighted by Crippen LogP contribution is 2.22. The van der Waals surface area contributed by atoms with Gasteiger partial charge in [-0.3, -0.25) is 4.68 Å². The highest BCUT2D eigenvalue weighted by molar-refractivity contribution is 5.92. The van der Waals surface area contributed by atoms with Gasteiger partial charge in [0.1, 0.15) is 11.8 Å². The van der Waals surface area contributed by atoms with Crippen LogP contribution in [0.3, 0.4) is 0 Å². The summed E-state index contributed by atoms with van der Waals surface area (Å²) in [4.78, 5) is 22.3. The zero-order valence-corrected chi connectivity index (χ0v) is 11.1. The third-order valence-electron chi connectivity index (χ3n) is 3.04. The summed E-state index contributed by atoms with van der Waals surface area (Å²) < 4.78 is 7.98. The molecule has 0 saturated carbocycles. The Kier molecular flexibility index (Phi) is 3.05. The number of rotatable bonds is 4. The van der Waals surface area contributed by atoms with Gasteiger partial charge in [-0.1, -0.05) is 5.21 Å². The summed E-state index contributed by atoms with van der Waals surface area (Å²) in [7, 11) is 1.72. The van der Waals surface area contributed by atoms with Gasteiger partial charge in [0.2, 0.25) is 0 Å². The van der Waals surface area contributed by atoms with E-state index in [1.165, 1.54) is 10.9 Å². The third kappa shape index (κ3) is 2.42. The maximum absolute atomic E-state index is 11.3. The third-order valence-corrected chi connectivity index (χ3v) is 3.04. The Morgan fingerprint density at radius 2 is 2.43 bits per heavy atom. The Bertz CT molecular complexity index is 705. The number of nitrogens with zero attached hydrogens (tertiary/aromatic N) is 5. The van der Waals surface area contributed by atoms with E-state index in [2.05, 4.69) is 20.7 Å². The molecule has 0 aliphatic carbocycles. The Morgan fingerprint density at radius 1 is 1.62 bits per heavy atom. The molecule has 0 bridgehead atoms. The number of hydrogen-bond donors (Lipinski definition) is 2. The molecule has 0 spiro atoms. The molecule has 1 unspecified atom stereocenters. The zero-order chi connectivity index (χ0) is 15.0. The van der Waals surface area contributed by atoms with Crippen molar-refractivity contribution in [1.82, 2.24) is 30.1 Å². The molecule has 2 N–H and O–H groups in total. The molecule has 2 aromatic rings. The highest BCUT2D eigenvalue weighted by Gasteiger charge is 2.27. The van der Waals surface area contributed by atoms with Crippen LogP contribution in [0.1, 0.15) is 10.5 Å². The summed E-state index contributed by atoms with van der Waals surface area (Å²) in [5, 5.41) is 23.3. The number of aryl methyl sites for hydroxylation is 1. The molecular weight excluding hydrogens is 280 g/mol. The molecule has 1 atom stereocenters. The number of hydrogen-bond acceptors (Lipinski definition) is 6. The van der Waals surface area contributed by atoms with Crippen molar-refractivity contribution >= 4 is 12.1 Å².